The number of ether oxygens (including phenoxy) is 1. The molecule has 2 N–H and O–H groups in total. The number of alkyl halides is 3. The SMILES string of the molecule is O=C(/C=C/c1ccccc1Br)Nc1ccc(NC(=O)C2CCCO2)cc1C(F)(F)F. The van der Waals surface area contributed by atoms with Crippen LogP contribution in [0.25, 0.3) is 6.08 Å². The van der Waals surface area contributed by atoms with E-state index in [0.717, 1.165) is 29.1 Å². The number of rotatable bonds is 5. The summed E-state index contributed by atoms with van der Waals surface area (Å²) in [5.74, 6) is -1.21. The molecule has 30 heavy (non-hydrogen) atoms. The van der Waals surface area contributed by atoms with E-state index >= 15 is 0 Å². The molecule has 1 fully saturated rings. The quantitative estimate of drug-likeness (QED) is 0.572. The second kappa shape index (κ2) is 9.44. The molecule has 0 aromatic heterocycles. The van der Waals surface area contributed by atoms with Crippen LogP contribution in [0.3, 0.4) is 0 Å². The van der Waals surface area contributed by atoms with E-state index in [1.807, 2.05) is 0 Å². The van der Waals surface area contributed by atoms with Crippen molar-refractivity contribution in [2.45, 2.75) is 25.1 Å². The maximum absolute atomic E-state index is 13.5. The van der Waals surface area contributed by atoms with Crippen LogP contribution >= 0.6 is 15.9 Å². The summed E-state index contributed by atoms with van der Waals surface area (Å²) in [7, 11) is 0. The Balaban J connectivity index is 1.76. The number of benzene rings is 2. The molecule has 1 aliphatic heterocycles. The number of nitrogens with one attached hydrogen (secondary N) is 2. The second-order valence-electron chi connectivity index (χ2n) is 6.59. The highest BCUT2D eigenvalue weighted by Crippen LogP contribution is 2.36. The Morgan fingerprint density at radius 2 is 1.90 bits per heavy atom. The smallest absolute Gasteiger partial charge is 0.368 e. The molecule has 0 radical (unpaired) electrons. The molecule has 2 aromatic rings. The molecule has 1 saturated heterocycles. The molecule has 0 aliphatic carbocycles. The van der Waals surface area contributed by atoms with Gasteiger partial charge in [-0.15, -0.1) is 0 Å². The number of halogens is 4. The van der Waals surface area contributed by atoms with Crippen LogP contribution in [-0.2, 0) is 20.5 Å². The zero-order valence-electron chi connectivity index (χ0n) is 15.6. The van der Waals surface area contributed by atoms with E-state index in [2.05, 4.69) is 26.6 Å². The summed E-state index contributed by atoms with van der Waals surface area (Å²) >= 11 is 3.33. The van der Waals surface area contributed by atoms with Gasteiger partial charge in [-0.1, -0.05) is 34.1 Å². The van der Waals surface area contributed by atoms with E-state index in [1.165, 1.54) is 12.1 Å². The van der Waals surface area contributed by atoms with Gasteiger partial charge in [-0.25, -0.2) is 0 Å². The standard InChI is InChI=1S/C21H18BrF3N2O3/c22-16-5-2-1-4-13(16)7-10-19(28)27-17-9-8-14(12-15(17)21(23,24)25)26-20(29)18-6-3-11-30-18/h1-2,4-5,7-10,12,18H,3,6,11H2,(H,26,29)(H,27,28)/b10-7+. The van der Waals surface area contributed by atoms with Crippen molar-refractivity contribution in [3.63, 3.8) is 0 Å². The van der Waals surface area contributed by atoms with E-state index < -0.39 is 35.3 Å². The summed E-state index contributed by atoms with van der Waals surface area (Å²) in [5.41, 5.74) is -0.782. The van der Waals surface area contributed by atoms with E-state index in [1.54, 1.807) is 24.3 Å². The highest BCUT2D eigenvalue weighted by atomic mass is 79.9. The number of amides is 2. The molecule has 2 amide bonds. The molecule has 1 unspecified atom stereocenters. The minimum absolute atomic E-state index is 0.0235. The first kappa shape index (κ1) is 22.0. The fourth-order valence-corrected chi connectivity index (χ4v) is 3.34. The Kier molecular flexibility index (Phi) is 6.94. The molecule has 1 heterocycles. The van der Waals surface area contributed by atoms with Crippen molar-refractivity contribution in [1.29, 1.82) is 0 Å². The minimum Gasteiger partial charge on any atom is -0.368 e. The molecule has 0 bridgehead atoms. The van der Waals surface area contributed by atoms with E-state index in [4.69, 9.17) is 4.74 Å². The van der Waals surface area contributed by atoms with E-state index in [-0.39, 0.29) is 5.69 Å². The first-order chi connectivity index (χ1) is 14.2. The summed E-state index contributed by atoms with van der Waals surface area (Å²) < 4.78 is 46.5. The Labute approximate surface area is 179 Å². The Hall–Kier alpha value is -2.65. The summed E-state index contributed by atoms with van der Waals surface area (Å²) in [6.45, 7) is 0.448. The van der Waals surface area contributed by atoms with Crippen LogP contribution in [0.4, 0.5) is 24.5 Å². The zero-order chi connectivity index (χ0) is 21.7. The lowest BCUT2D eigenvalue weighted by atomic mass is 10.1. The maximum Gasteiger partial charge on any atom is 0.418 e. The van der Waals surface area contributed by atoms with Crippen molar-refractivity contribution in [2.75, 3.05) is 17.2 Å². The molecule has 0 spiro atoms. The van der Waals surface area contributed by atoms with Crippen LogP contribution in [0.15, 0.2) is 53.0 Å². The first-order valence-corrected chi connectivity index (χ1v) is 9.90. The van der Waals surface area contributed by atoms with Gasteiger partial charge in [-0.3, -0.25) is 9.59 Å². The number of hydrogen-bond donors (Lipinski definition) is 2. The highest BCUT2D eigenvalue weighted by Gasteiger charge is 2.34. The summed E-state index contributed by atoms with van der Waals surface area (Å²) in [4.78, 5) is 24.2. The largest absolute Gasteiger partial charge is 0.418 e. The predicted molar refractivity (Wildman–Crippen MR) is 111 cm³/mol. The van der Waals surface area contributed by atoms with Gasteiger partial charge in [0.15, 0.2) is 0 Å². The van der Waals surface area contributed by atoms with Gasteiger partial charge in [0, 0.05) is 22.8 Å². The van der Waals surface area contributed by atoms with Gasteiger partial charge >= 0.3 is 6.18 Å². The van der Waals surface area contributed by atoms with E-state index in [0.29, 0.717) is 18.6 Å². The third-order valence-electron chi connectivity index (χ3n) is 4.39. The van der Waals surface area contributed by atoms with Crippen LogP contribution < -0.4 is 10.6 Å². The van der Waals surface area contributed by atoms with Gasteiger partial charge in [0.1, 0.15) is 6.10 Å². The topological polar surface area (TPSA) is 67.4 Å². The molecular weight excluding hydrogens is 465 g/mol. The van der Waals surface area contributed by atoms with Gasteiger partial charge in [0.25, 0.3) is 5.91 Å². The molecule has 9 heteroatoms. The highest BCUT2D eigenvalue weighted by molar-refractivity contribution is 9.10. The lowest BCUT2D eigenvalue weighted by Crippen LogP contribution is -2.27. The molecule has 1 atom stereocenters. The number of carbonyl (C=O) groups excluding carboxylic acids is 2. The average Bonchev–Trinajstić information content (AvgIpc) is 3.23. The van der Waals surface area contributed by atoms with Crippen LogP contribution in [-0.4, -0.2) is 24.5 Å². The third kappa shape index (κ3) is 5.70. The van der Waals surface area contributed by atoms with Crippen molar-refractivity contribution in [1.82, 2.24) is 0 Å². The Bertz CT molecular complexity index is 970. The van der Waals surface area contributed by atoms with Crippen molar-refractivity contribution in [3.05, 3.63) is 64.1 Å². The summed E-state index contributed by atoms with van der Waals surface area (Å²) in [6, 6.07) is 10.3. The van der Waals surface area contributed by atoms with Gasteiger partial charge in [-0.05, 0) is 48.7 Å². The van der Waals surface area contributed by atoms with Gasteiger partial charge in [-0.2, -0.15) is 13.2 Å². The van der Waals surface area contributed by atoms with Crippen LogP contribution in [0.1, 0.15) is 24.0 Å². The fourth-order valence-electron chi connectivity index (χ4n) is 2.92. The second-order valence-corrected chi connectivity index (χ2v) is 7.45. The van der Waals surface area contributed by atoms with E-state index in [9.17, 15) is 22.8 Å². The van der Waals surface area contributed by atoms with Crippen molar-refractivity contribution in [2.24, 2.45) is 0 Å². The average molecular weight is 483 g/mol. The monoisotopic (exact) mass is 482 g/mol. The van der Waals surface area contributed by atoms with Crippen molar-refractivity contribution >= 4 is 45.2 Å². The lowest BCUT2D eigenvalue weighted by Gasteiger charge is -2.16. The van der Waals surface area contributed by atoms with Crippen molar-refractivity contribution < 1.29 is 27.5 Å². The molecular formula is C21H18BrF3N2O3. The first-order valence-electron chi connectivity index (χ1n) is 9.11. The zero-order valence-corrected chi connectivity index (χ0v) is 17.2. The molecule has 2 aromatic carbocycles. The number of hydrogen-bond acceptors (Lipinski definition) is 3. The summed E-state index contributed by atoms with van der Waals surface area (Å²) in [5, 5.41) is 4.68. The van der Waals surface area contributed by atoms with Gasteiger partial charge < -0.3 is 15.4 Å². The van der Waals surface area contributed by atoms with Crippen molar-refractivity contribution in [3.8, 4) is 0 Å². The van der Waals surface area contributed by atoms with Gasteiger partial charge in [0.2, 0.25) is 5.91 Å². The molecule has 5 nitrogen and oxygen atoms in total. The predicted octanol–water partition coefficient (Wildman–Crippen LogP) is 5.24. The van der Waals surface area contributed by atoms with Gasteiger partial charge in [0.05, 0.1) is 11.3 Å². The van der Waals surface area contributed by atoms with Crippen LogP contribution in [0.5, 0.6) is 0 Å². The Morgan fingerprint density at radius 3 is 2.57 bits per heavy atom. The lowest BCUT2D eigenvalue weighted by molar-refractivity contribution is -0.137. The Morgan fingerprint density at radius 1 is 1.13 bits per heavy atom. The third-order valence-corrected chi connectivity index (χ3v) is 5.11. The maximum atomic E-state index is 13.5. The fraction of sp³-hybridized carbons (Fsp3) is 0.238. The minimum atomic E-state index is -4.72. The number of carbonyl (C=O) groups is 2. The van der Waals surface area contributed by atoms with Crippen LogP contribution in [0, 0.1) is 0 Å². The molecule has 1 aliphatic rings. The molecule has 0 saturated carbocycles. The molecule has 3 rings (SSSR count). The summed E-state index contributed by atoms with van der Waals surface area (Å²) in [6.07, 6.45) is -1.50. The number of anilines is 2. The normalized spacial score (nSPS) is 16.6. The molecule has 158 valence electrons. The van der Waals surface area contributed by atoms with Crippen LogP contribution in [0.2, 0.25) is 0 Å².